The topological polar surface area (TPSA) is 42.4 Å². The lowest BCUT2D eigenvalue weighted by Crippen LogP contribution is -2.56. The number of rotatable bonds is 7. The molecule has 2 aliphatic rings. The molecule has 0 radical (unpaired) electrons. The Bertz CT molecular complexity index is 758. The third-order valence-electron chi connectivity index (χ3n) is 4.96. The van der Waals surface area contributed by atoms with Crippen LogP contribution in [0.4, 0.5) is 0 Å². The lowest BCUT2D eigenvalue weighted by Gasteiger charge is -2.38. The van der Waals surface area contributed by atoms with Crippen molar-refractivity contribution in [2.45, 2.75) is 43.5 Å². The molecular weight excluding hydrogens is 364 g/mol. The monoisotopic (exact) mass is 388 g/mol. The number of para-hydroxylation sites is 1. The molecule has 1 aromatic heterocycles. The SMILES string of the molecule is O=C(CCCCC1CCSS1)N1CC(Oc2ccc3ccccc3n2)C1. The zero-order valence-electron chi connectivity index (χ0n) is 14.8. The number of pyridine rings is 1. The van der Waals surface area contributed by atoms with Gasteiger partial charge in [-0.2, -0.15) is 0 Å². The molecule has 0 aliphatic carbocycles. The predicted molar refractivity (Wildman–Crippen MR) is 110 cm³/mol. The quantitative estimate of drug-likeness (QED) is 0.515. The first-order valence-corrected chi connectivity index (χ1v) is 11.7. The summed E-state index contributed by atoms with van der Waals surface area (Å²) in [6.45, 7) is 1.37. The van der Waals surface area contributed by atoms with E-state index in [9.17, 15) is 4.79 Å². The number of ether oxygens (including phenoxy) is 1. The molecule has 0 bridgehead atoms. The average Bonchev–Trinajstić information content (AvgIpc) is 3.14. The first kappa shape index (κ1) is 18.0. The van der Waals surface area contributed by atoms with Crippen molar-refractivity contribution < 1.29 is 9.53 Å². The number of carbonyl (C=O) groups is 1. The van der Waals surface area contributed by atoms with Crippen LogP contribution in [-0.4, -0.2) is 46.0 Å². The molecule has 4 nitrogen and oxygen atoms in total. The molecule has 2 aromatic rings. The summed E-state index contributed by atoms with van der Waals surface area (Å²) in [5.74, 6) is 2.20. The molecule has 1 amide bonds. The van der Waals surface area contributed by atoms with Crippen molar-refractivity contribution in [2.75, 3.05) is 18.8 Å². The Morgan fingerprint density at radius 3 is 2.92 bits per heavy atom. The first-order chi connectivity index (χ1) is 12.8. The van der Waals surface area contributed by atoms with Crippen LogP contribution in [0, 0.1) is 0 Å². The van der Waals surface area contributed by atoms with E-state index >= 15 is 0 Å². The van der Waals surface area contributed by atoms with Gasteiger partial charge >= 0.3 is 0 Å². The molecule has 6 heteroatoms. The molecule has 0 saturated carbocycles. The largest absolute Gasteiger partial charge is 0.471 e. The van der Waals surface area contributed by atoms with Crippen LogP contribution in [0.1, 0.15) is 32.1 Å². The van der Waals surface area contributed by atoms with Gasteiger partial charge in [0.05, 0.1) is 18.6 Å². The van der Waals surface area contributed by atoms with Crippen LogP contribution in [0.5, 0.6) is 5.88 Å². The highest BCUT2D eigenvalue weighted by Gasteiger charge is 2.32. The normalized spacial score (nSPS) is 20.3. The van der Waals surface area contributed by atoms with Gasteiger partial charge in [-0.25, -0.2) is 4.98 Å². The van der Waals surface area contributed by atoms with E-state index in [2.05, 4.69) is 4.98 Å². The minimum atomic E-state index is 0.0690. The van der Waals surface area contributed by atoms with Crippen LogP contribution in [0.15, 0.2) is 36.4 Å². The summed E-state index contributed by atoms with van der Waals surface area (Å²) in [5, 5.41) is 1.92. The smallest absolute Gasteiger partial charge is 0.222 e. The maximum absolute atomic E-state index is 12.2. The van der Waals surface area contributed by atoms with Gasteiger partial charge in [0.15, 0.2) is 0 Å². The molecular formula is C20H24N2O2S2. The summed E-state index contributed by atoms with van der Waals surface area (Å²) in [4.78, 5) is 18.7. The van der Waals surface area contributed by atoms with Crippen molar-refractivity contribution in [2.24, 2.45) is 0 Å². The molecule has 26 heavy (non-hydrogen) atoms. The molecule has 1 unspecified atom stereocenters. The van der Waals surface area contributed by atoms with Crippen LogP contribution in [0.25, 0.3) is 10.9 Å². The van der Waals surface area contributed by atoms with Crippen molar-refractivity contribution in [3.05, 3.63) is 36.4 Å². The van der Waals surface area contributed by atoms with E-state index in [0.29, 0.717) is 25.4 Å². The standard InChI is InChI=1S/C20H24N2O2S2/c23-20(8-4-2-6-17-11-12-25-26-17)22-13-16(14-22)24-19-10-9-15-5-1-3-7-18(15)21-19/h1,3,5,7,9-10,16-17H,2,4,6,8,11-14H2. The van der Waals surface area contributed by atoms with E-state index in [1.54, 1.807) is 0 Å². The van der Waals surface area contributed by atoms with Crippen molar-refractivity contribution in [1.29, 1.82) is 0 Å². The van der Waals surface area contributed by atoms with Gasteiger partial charge in [0.1, 0.15) is 6.10 Å². The van der Waals surface area contributed by atoms with Gasteiger partial charge in [0, 0.05) is 28.9 Å². The van der Waals surface area contributed by atoms with Crippen molar-refractivity contribution in [3.8, 4) is 5.88 Å². The van der Waals surface area contributed by atoms with Crippen molar-refractivity contribution >= 4 is 38.4 Å². The number of carbonyl (C=O) groups excluding carboxylic acids is 1. The minimum absolute atomic E-state index is 0.0690. The van der Waals surface area contributed by atoms with Crippen LogP contribution in [0.2, 0.25) is 0 Å². The molecule has 2 fully saturated rings. The number of unbranched alkanes of at least 4 members (excludes halogenated alkanes) is 1. The van der Waals surface area contributed by atoms with E-state index in [-0.39, 0.29) is 12.0 Å². The third kappa shape index (κ3) is 4.46. The zero-order chi connectivity index (χ0) is 17.8. The fraction of sp³-hybridized carbons (Fsp3) is 0.500. The summed E-state index contributed by atoms with van der Waals surface area (Å²) < 4.78 is 5.92. The van der Waals surface area contributed by atoms with Gasteiger partial charge < -0.3 is 9.64 Å². The van der Waals surface area contributed by atoms with Crippen LogP contribution in [-0.2, 0) is 4.79 Å². The lowest BCUT2D eigenvalue weighted by atomic mass is 10.1. The molecule has 1 atom stereocenters. The second-order valence-electron chi connectivity index (χ2n) is 6.96. The van der Waals surface area contributed by atoms with Gasteiger partial charge in [-0.1, -0.05) is 46.2 Å². The van der Waals surface area contributed by atoms with Crippen molar-refractivity contribution in [1.82, 2.24) is 9.88 Å². The number of nitrogens with zero attached hydrogens (tertiary/aromatic N) is 2. The number of amides is 1. The van der Waals surface area contributed by atoms with Gasteiger partial charge in [-0.05, 0) is 31.4 Å². The Hall–Kier alpha value is -1.40. The maximum atomic E-state index is 12.2. The summed E-state index contributed by atoms with van der Waals surface area (Å²) in [5.41, 5.74) is 0.941. The first-order valence-electron chi connectivity index (χ1n) is 9.36. The average molecular weight is 389 g/mol. The fourth-order valence-corrected chi connectivity index (χ4v) is 6.40. The highest BCUT2D eigenvalue weighted by molar-refractivity contribution is 8.77. The second-order valence-corrected chi connectivity index (χ2v) is 9.74. The highest BCUT2D eigenvalue weighted by Crippen LogP contribution is 2.39. The van der Waals surface area contributed by atoms with E-state index in [1.807, 2.05) is 62.9 Å². The molecule has 1 aromatic carbocycles. The minimum Gasteiger partial charge on any atom is -0.471 e. The number of aromatic nitrogens is 1. The highest BCUT2D eigenvalue weighted by atomic mass is 33.1. The summed E-state index contributed by atoms with van der Waals surface area (Å²) in [6, 6.07) is 12.0. The summed E-state index contributed by atoms with van der Waals surface area (Å²) in [6.07, 6.45) is 5.50. The van der Waals surface area contributed by atoms with Crippen LogP contribution < -0.4 is 4.74 Å². The second kappa shape index (κ2) is 8.53. The van der Waals surface area contributed by atoms with E-state index in [0.717, 1.165) is 22.6 Å². The Morgan fingerprint density at radius 1 is 1.19 bits per heavy atom. The number of likely N-dealkylation sites (tertiary alicyclic amines) is 1. The van der Waals surface area contributed by atoms with Gasteiger partial charge in [0.25, 0.3) is 0 Å². The van der Waals surface area contributed by atoms with Crippen LogP contribution in [0.3, 0.4) is 0 Å². The van der Waals surface area contributed by atoms with E-state index in [4.69, 9.17) is 4.74 Å². The Balaban J connectivity index is 1.16. The number of hydrogen-bond donors (Lipinski definition) is 0. The van der Waals surface area contributed by atoms with Gasteiger partial charge in [-0.3, -0.25) is 4.79 Å². The third-order valence-corrected chi connectivity index (χ3v) is 7.96. The molecule has 4 rings (SSSR count). The summed E-state index contributed by atoms with van der Waals surface area (Å²) >= 11 is 0. The fourth-order valence-electron chi connectivity index (χ4n) is 3.37. The Kier molecular flexibility index (Phi) is 5.90. The number of hydrogen-bond acceptors (Lipinski definition) is 5. The Morgan fingerprint density at radius 2 is 2.08 bits per heavy atom. The van der Waals surface area contributed by atoms with Crippen LogP contribution >= 0.6 is 21.6 Å². The summed E-state index contributed by atoms with van der Waals surface area (Å²) in [7, 11) is 4.01. The maximum Gasteiger partial charge on any atom is 0.222 e. The van der Waals surface area contributed by atoms with E-state index < -0.39 is 0 Å². The molecule has 138 valence electrons. The molecule has 2 saturated heterocycles. The molecule has 3 heterocycles. The predicted octanol–water partition coefficient (Wildman–Crippen LogP) is 4.54. The van der Waals surface area contributed by atoms with E-state index in [1.165, 1.54) is 25.0 Å². The van der Waals surface area contributed by atoms with Gasteiger partial charge in [0.2, 0.25) is 11.8 Å². The lowest BCUT2D eigenvalue weighted by molar-refractivity contribution is -0.140. The molecule has 0 N–H and O–H groups in total. The molecule has 0 spiro atoms. The van der Waals surface area contributed by atoms with Gasteiger partial charge in [-0.15, -0.1) is 0 Å². The number of fused-ring (bicyclic) bond motifs is 1. The Labute approximate surface area is 162 Å². The number of benzene rings is 1. The van der Waals surface area contributed by atoms with Crippen molar-refractivity contribution in [3.63, 3.8) is 0 Å². The zero-order valence-corrected chi connectivity index (χ0v) is 16.4. The molecule has 2 aliphatic heterocycles.